The van der Waals surface area contributed by atoms with Crippen molar-refractivity contribution in [2.45, 2.75) is 92.1 Å². The van der Waals surface area contributed by atoms with Crippen molar-refractivity contribution < 1.29 is 84.3 Å². The van der Waals surface area contributed by atoms with Crippen LogP contribution in [0.15, 0.2) is 24.3 Å². The van der Waals surface area contributed by atoms with Crippen molar-refractivity contribution in [1.82, 2.24) is 15.0 Å². The summed E-state index contributed by atoms with van der Waals surface area (Å²) >= 11 is 0. The minimum Gasteiger partial charge on any atom is -0.394 e. The Labute approximate surface area is 269 Å². The van der Waals surface area contributed by atoms with E-state index in [1.54, 1.807) is 12.1 Å². The van der Waals surface area contributed by atoms with E-state index < -0.39 is 123 Å². The smallest absolute Gasteiger partial charge is 0.216 e. The molecule has 0 unspecified atom stereocenters. The van der Waals surface area contributed by atoms with E-state index in [9.17, 15) is 60.7 Å². The van der Waals surface area contributed by atoms with Crippen LogP contribution in [0, 0.1) is 0 Å². The number of rotatable bonds is 8. The van der Waals surface area contributed by atoms with Gasteiger partial charge in [-0.15, -0.1) is 5.10 Å². The van der Waals surface area contributed by atoms with E-state index in [4.69, 9.17) is 23.7 Å². The Morgan fingerprint density at radius 1 is 0.625 bits per heavy atom. The number of aliphatic hydroxyl groups excluding tert-OH is 10. The Morgan fingerprint density at radius 3 is 1.71 bits per heavy atom. The maximum atomic E-state index is 13.3. The summed E-state index contributed by atoms with van der Waals surface area (Å²) in [5.74, 6) is -1.26. The molecule has 48 heavy (non-hydrogen) atoms. The molecule has 1 aromatic carbocycles. The minimum atomic E-state index is -2.00. The Morgan fingerprint density at radius 2 is 1.12 bits per heavy atom. The number of aliphatic hydroxyl groups is 10. The van der Waals surface area contributed by atoms with Crippen LogP contribution in [0.4, 0.5) is 0 Å². The third-order valence-electron chi connectivity index (χ3n) is 8.87. The van der Waals surface area contributed by atoms with E-state index in [1.807, 2.05) is 0 Å². The molecule has 0 amide bonds. The number of fused-ring (bicyclic) bond motifs is 2. The van der Waals surface area contributed by atoms with Gasteiger partial charge in [-0.3, -0.25) is 9.59 Å². The lowest BCUT2D eigenvalue weighted by Crippen LogP contribution is -2.66. The molecule has 0 radical (unpaired) electrons. The van der Waals surface area contributed by atoms with Crippen molar-refractivity contribution in [3.63, 3.8) is 0 Å². The van der Waals surface area contributed by atoms with Gasteiger partial charge in [-0.2, -0.15) is 0 Å². The molecular formula is C28H35N3O17. The number of ketones is 2. The van der Waals surface area contributed by atoms with E-state index >= 15 is 0 Å². The average molecular weight is 686 g/mol. The van der Waals surface area contributed by atoms with Crippen LogP contribution in [0.2, 0.25) is 0 Å². The first-order valence-corrected chi connectivity index (χ1v) is 14.9. The average Bonchev–Trinajstić information content (AvgIpc) is 3.54. The second kappa shape index (κ2) is 13.8. The Balaban J connectivity index is 1.18. The van der Waals surface area contributed by atoms with Gasteiger partial charge in [0.2, 0.25) is 11.6 Å². The molecule has 3 aliphatic heterocycles. The Kier molecular flexibility index (Phi) is 10.0. The summed E-state index contributed by atoms with van der Waals surface area (Å²) in [6.45, 7) is -2.52. The Hall–Kier alpha value is -2.90. The molecule has 20 heteroatoms. The molecule has 264 valence electrons. The van der Waals surface area contributed by atoms with Gasteiger partial charge in [-0.25, -0.2) is 4.68 Å². The van der Waals surface area contributed by atoms with E-state index in [0.717, 1.165) is 4.68 Å². The van der Waals surface area contributed by atoms with Gasteiger partial charge in [0.05, 0.1) is 19.8 Å². The highest BCUT2D eigenvalue weighted by molar-refractivity contribution is 6.26. The topological polar surface area (TPSA) is 313 Å². The lowest BCUT2D eigenvalue weighted by molar-refractivity contribution is -0.374. The van der Waals surface area contributed by atoms with Gasteiger partial charge in [0.25, 0.3) is 0 Å². The van der Waals surface area contributed by atoms with Crippen molar-refractivity contribution in [3.05, 3.63) is 46.8 Å². The molecule has 3 fully saturated rings. The number of hydrogen-bond donors (Lipinski definition) is 10. The summed E-state index contributed by atoms with van der Waals surface area (Å²) in [6, 6.07) is 5.98. The summed E-state index contributed by atoms with van der Waals surface area (Å²) in [4.78, 5) is 26.3. The van der Waals surface area contributed by atoms with Crippen LogP contribution in [0.5, 0.6) is 0 Å². The fourth-order valence-electron chi connectivity index (χ4n) is 6.23. The number of ether oxygens (including phenoxy) is 5. The normalized spacial score (nSPS) is 41.6. The van der Waals surface area contributed by atoms with Crippen LogP contribution >= 0.6 is 0 Å². The zero-order valence-corrected chi connectivity index (χ0v) is 24.8. The predicted octanol–water partition coefficient (Wildman–Crippen LogP) is -6.33. The second-order valence-electron chi connectivity index (χ2n) is 11.8. The molecule has 20 nitrogen and oxygen atoms in total. The number of hydrogen-bond acceptors (Lipinski definition) is 19. The molecule has 4 aliphatic rings. The second-order valence-corrected chi connectivity index (χ2v) is 11.8. The highest BCUT2D eigenvalue weighted by Gasteiger charge is 2.54. The highest BCUT2D eigenvalue weighted by atomic mass is 16.7. The number of benzene rings is 1. The van der Waals surface area contributed by atoms with E-state index in [2.05, 4.69) is 10.3 Å². The van der Waals surface area contributed by atoms with Crippen molar-refractivity contribution in [1.29, 1.82) is 0 Å². The molecule has 3 saturated heterocycles. The van der Waals surface area contributed by atoms with Crippen LogP contribution < -0.4 is 0 Å². The zero-order valence-electron chi connectivity index (χ0n) is 24.8. The standard InChI is InChI=1S/C28H35N3O17/c32-5-10-17(37)18(38)22(42)27(45-10)48-25-12(7-34)46-28(23(43)20(25)40)47-24-11(6-33)44-26(21(41)19(24)39)31-14-13(29-30-31)15(35)8-3-1-2-4-9(8)16(14)36/h1-4,10-12,17-28,32-34,37-43H,5-7H2/t10-,11-,12-,17-,18+,19-,20-,21-,22-,23-,24-,25-,26-,27+,28+/m1/s1. The first kappa shape index (κ1) is 34.9. The van der Waals surface area contributed by atoms with Crippen LogP contribution in [-0.4, -0.2) is 183 Å². The lowest BCUT2D eigenvalue weighted by Gasteiger charge is -2.48. The van der Waals surface area contributed by atoms with Crippen LogP contribution in [0.25, 0.3) is 0 Å². The van der Waals surface area contributed by atoms with Crippen LogP contribution in [-0.2, 0) is 23.7 Å². The monoisotopic (exact) mass is 685 g/mol. The minimum absolute atomic E-state index is 0.0542. The zero-order chi connectivity index (χ0) is 34.6. The summed E-state index contributed by atoms with van der Waals surface area (Å²) in [6.07, 6.45) is -26.2. The molecule has 0 bridgehead atoms. The number of aromatic nitrogens is 3. The molecule has 0 saturated carbocycles. The molecule has 4 heterocycles. The molecule has 2 aromatic rings. The summed E-state index contributed by atoms with van der Waals surface area (Å²) in [7, 11) is 0. The SMILES string of the molecule is O=C1c2ccccc2C(=O)c2c1nnn2[C@@H]1O[C@H](CO)[C@@H](O[C@@H]2O[C@H](CO)[C@@H](O[C@@H]3O[C@H](CO)[C@@H](O)[C@H](O)[C@H]3O)[C@H](O)[C@H]2O)[C@H](O)[C@H]1O. The number of carbonyl (C=O) groups is 2. The third kappa shape index (κ3) is 5.77. The fourth-order valence-corrected chi connectivity index (χ4v) is 6.23. The molecule has 1 aliphatic carbocycles. The van der Waals surface area contributed by atoms with Crippen molar-refractivity contribution in [3.8, 4) is 0 Å². The van der Waals surface area contributed by atoms with Gasteiger partial charge in [-0.05, 0) is 0 Å². The lowest BCUT2D eigenvalue weighted by atomic mass is 9.90. The van der Waals surface area contributed by atoms with E-state index in [0.29, 0.717) is 0 Å². The molecule has 0 spiro atoms. The van der Waals surface area contributed by atoms with Gasteiger partial charge in [0.1, 0.15) is 78.9 Å². The number of carbonyl (C=O) groups excluding carboxylic acids is 2. The van der Waals surface area contributed by atoms with Gasteiger partial charge < -0.3 is 74.7 Å². The van der Waals surface area contributed by atoms with E-state index in [1.165, 1.54) is 12.1 Å². The van der Waals surface area contributed by atoms with Gasteiger partial charge >= 0.3 is 0 Å². The highest BCUT2D eigenvalue weighted by Crippen LogP contribution is 2.36. The summed E-state index contributed by atoms with van der Waals surface area (Å²) in [5, 5.41) is 112. The molecular weight excluding hydrogens is 650 g/mol. The summed E-state index contributed by atoms with van der Waals surface area (Å²) < 4.78 is 28.6. The van der Waals surface area contributed by atoms with Crippen molar-refractivity contribution >= 4 is 11.6 Å². The maximum absolute atomic E-state index is 13.3. The largest absolute Gasteiger partial charge is 0.394 e. The first-order valence-electron chi connectivity index (χ1n) is 14.9. The van der Waals surface area contributed by atoms with Gasteiger partial charge in [-0.1, -0.05) is 29.5 Å². The molecule has 10 N–H and O–H groups in total. The molecule has 6 rings (SSSR count). The maximum Gasteiger partial charge on any atom is 0.216 e. The quantitative estimate of drug-likeness (QED) is 0.105. The van der Waals surface area contributed by atoms with Crippen LogP contribution in [0.1, 0.15) is 38.3 Å². The molecule has 1 aromatic heterocycles. The Bertz CT molecular complexity index is 1490. The summed E-state index contributed by atoms with van der Waals surface area (Å²) in [5.41, 5.74) is -0.481. The van der Waals surface area contributed by atoms with Gasteiger partial charge in [0, 0.05) is 11.1 Å². The fraction of sp³-hybridized carbons (Fsp3) is 0.643. The van der Waals surface area contributed by atoms with Crippen molar-refractivity contribution in [2.75, 3.05) is 19.8 Å². The predicted molar refractivity (Wildman–Crippen MR) is 148 cm³/mol. The van der Waals surface area contributed by atoms with Gasteiger partial charge in [0.15, 0.2) is 24.5 Å². The third-order valence-corrected chi connectivity index (χ3v) is 8.87. The number of nitrogens with zero attached hydrogens (tertiary/aromatic N) is 3. The first-order chi connectivity index (χ1) is 22.9. The van der Waals surface area contributed by atoms with Crippen molar-refractivity contribution in [2.24, 2.45) is 0 Å². The molecule has 15 atom stereocenters. The van der Waals surface area contributed by atoms with E-state index in [-0.39, 0.29) is 22.5 Å². The van der Waals surface area contributed by atoms with Crippen LogP contribution in [0.3, 0.4) is 0 Å².